The third-order valence-corrected chi connectivity index (χ3v) is 7.12. The molecule has 1 aliphatic heterocycles. The van der Waals surface area contributed by atoms with E-state index in [1.807, 2.05) is 24.8 Å². The largest absolute Gasteiger partial charge is 0.416 e. The molecule has 12 heteroatoms. The molecular weight excluding hydrogens is 445 g/mol. The minimum absolute atomic E-state index is 0.123. The number of piperazine rings is 1. The molecule has 8 nitrogen and oxygen atoms in total. The highest BCUT2D eigenvalue weighted by atomic mass is 32.2. The normalized spacial score (nSPS) is 15.8. The zero-order valence-corrected chi connectivity index (χ0v) is 18.2. The Kier molecular flexibility index (Phi) is 5.67. The Bertz CT molecular complexity index is 1230. The van der Waals surface area contributed by atoms with E-state index < -0.39 is 21.8 Å². The molecule has 1 fully saturated rings. The predicted octanol–water partition coefficient (Wildman–Crippen LogP) is 2.81. The van der Waals surface area contributed by atoms with E-state index in [1.54, 1.807) is 10.7 Å². The van der Waals surface area contributed by atoms with Crippen molar-refractivity contribution in [2.24, 2.45) is 0 Å². The molecule has 0 spiro atoms. The molecule has 1 aromatic carbocycles. The van der Waals surface area contributed by atoms with Crippen molar-refractivity contribution in [1.29, 1.82) is 0 Å². The molecule has 0 radical (unpaired) electrons. The lowest BCUT2D eigenvalue weighted by Gasteiger charge is -2.34. The van der Waals surface area contributed by atoms with Gasteiger partial charge < -0.3 is 4.90 Å². The first-order chi connectivity index (χ1) is 15.1. The van der Waals surface area contributed by atoms with Crippen LogP contribution < -0.4 is 4.90 Å². The highest BCUT2D eigenvalue weighted by Gasteiger charge is 2.34. The molecule has 1 aliphatic rings. The SMILES string of the molecule is Cc1cc(C)n(-c2cc(N3CCN(S(=O)(=O)c4cccc(C(F)(F)F)c4)CC3)ncn2)n1. The second-order valence-electron chi connectivity index (χ2n) is 7.49. The van der Waals surface area contributed by atoms with Crippen molar-refractivity contribution in [1.82, 2.24) is 24.1 Å². The van der Waals surface area contributed by atoms with Crippen LogP contribution in [0.1, 0.15) is 17.0 Å². The van der Waals surface area contributed by atoms with Gasteiger partial charge in [-0.15, -0.1) is 0 Å². The van der Waals surface area contributed by atoms with E-state index in [9.17, 15) is 21.6 Å². The number of aromatic nitrogens is 4. The smallest absolute Gasteiger partial charge is 0.354 e. The molecule has 32 heavy (non-hydrogen) atoms. The molecular formula is C20H21F3N6O2S. The Morgan fingerprint density at radius 2 is 1.62 bits per heavy atom. The fourth-order valence-electron chi connectivity index (χ4n) is 3.63. The van der Waals surface area contributed by atoms with Crippen LogP contribution in [0.5, 0.6) is 0 Å². The van der Waals surface area contributed by atoms with E-state index in [0.29, 0.717) is 30.8 Å². The molecule has 3 aromatic rings. The molecule has 170 valence electrons. The van der Waals surface area contributed by atoms with Crippen LogP contribution in [0.3, 0.4) is 0 Å². The molecule has 0 N–H and O–H groups in total. The molecule has 3 heterocycles. The second-order valence-corrected chi connectivity index (χ2v) is 9.43. The zero-order chi connectivity index (χ0) is 23.1. The number of aryl methyl sites for hydroxylation is 2. The molecule has 0 aliphatic carbocycles. The van der Waals surface area contributed by atoms with Crippen LogP contribution in [0, 0.1) is 13.8 Å². The van der Waals surface area contributed by atoms with Crippen LogP contribution in [-0.2, 0) is 16.2 Å². The lowest BCUT2D eigenvalue weighted by molar-refractivity contribution is -0.137. The third kappa shape index (κ3) is 4.32. The molecule has 0 atom stereocenters. The number of benzene rings is 1. The van der Waals surface area contributed by atoms with Crippen LogP contribution >= 0.6 is 0 Å². The third-order valence-electron chi connectivity index (χ3n) is 5.23. The molecule has 0 unspecified atom stereocenters. The lowest BCUT2D eigenvalue weighted by Crippen LogP contribution is -2.49. The zero-order valence-electron chi connectivity index (χ0n) is 17.4. The average molecular weight is 466 g/mol. The fraction of sp³-hybridized carbons (Fsp3) is 0.350. The first kappa shape index (κ1) is 22.2. The number of anilines is 1. The van der Waals surface area contributed by atoms with Crippen molar-refractivity contribution in [3.05, 3.63) is 59.7 Å². The van der Waals surface area contributed by atoms with Gasteiger partial charge in [-0.1, -0.05) is 6.07 Å². The summed E-state index contributed by atoms with van der Waals surface area (Å²) in [4.78, 5) is 10.1. The Morgan fingerprint density at radius 1 is 0.938 bits per heavy atom. The lowest BCUT2D eigenvalue weighted by atomic mass is 10.2. The summed E-state index contributed by atoms with van der Waals surface area (Å²) in [6, 6.07) is 7.52. The second kappa shape index (κ2) is 8.17. The summed E-state index contributed by atoms with van der Waals surface area (Å²) in [5, 5.41) is 4.41. The fourth-order valence-corrected chi connectivity index (χ4v) is 5.09. The van der Waals surface area contributed by atoms with Gasteiger partial charge >= 0.3 is 6.18 Å². The molecule has 0 bridgehead atoms. The number of hydrogen-bond acceptors (Lipinski definition) is 6. The van der Waals surface area contributed by atoms with Gasteiger partial charge in [0.15, 0.2) is 5.82 Å². The van der Waals surface area contributed by atoms with E-state index in [2.05, 4.69) is 15.1 Å². The van der Waals surface area contributed by atoms with Gasteiger partial charge in [-0.25, -0.2) is 23.1 Å². The maximum Gasteiger partial charge on any atom is 0.416 e. The molecule has 4 rings (SSSR count). The quantitative estimate of drug-likeness (QED) is 0.588. The number of halogens is 3. The van der Waals surface area contributed by atoms with Crippen molar-refractivity contribution in [3.63, 3.8) is 0 Å². The Labute approximate surface area is 183 Å². The van der Waals surface area contributed by atoms with Gasteiger partial charge in [-0.05, 0) is 38.1 Å². The van der Waals surface area contributed by atoms with Gasteiger partial charge in [0.1, 0.15) is 12.1 Å². The summed E-state index contributed by atoms with van der Waals surface area (Å²) in [6.07, 6.45) is -3.19. The maximum atomic E-state index is 13.0. The topological polar surface area (TPSA) is 84.2 Å². The molecule has 1 saturated heterocycles. The summed E-state index contributed by atoms with van der Waals surface area (Å²) in [7, 11) is -4.04. The van der Waals surface area contributed by atoms with Crippen molar-refractivity contribution in [2.75, 3.05) is 31.1 Å². The predicted molar refractivity (Wildman–Crippen MR) is 111 cm³/mol. The standard InChI is InChI=1S/C20H21F3N6O2S/c1-14-10-15(2)29(26-14)19-12-18(24-13-25-19)27-6-8-28(9-7-27)32(30,31)17-5-3-4-16(11-17)20(21,22)23/h3-5,10-13H,6-9H2,1-2H3. The van der Waals surface area contributed by atoms with E-state index in [-0.39, 0.29) is 18.0 Å². The summed E-state index contributed by atoms with van der Waals surface area (Å²) >= 11 is 0. The van der Waals surface area contributed by atoms with Gasteiger partial charge in [0.25, 0.3) is 0 Å². The number of nitrogens with zero attached hydrogens (tertiary/aromatic N) is 6. The first-order valence-electron chi connectivity index (χ1n) is 9.84. The summed E-state index contributed by atoms with van der Waals surface area (Å²) in [6.45, 7) is 4.72. The van der Waals surface area contributed by atoms with Gasteiger partial charge in [0, 0.05) is 37.9 Å². The van der Waals surface area contributed by atoms with E-state index in [4.69, 9.17) is 0 Å². The van der Waals surface area contributed by atoms with Crippen LogP contribution in [0.4, 0.5) is 19.0 Å². The molecule has 0 amide bonds. The number of hydrogen-bond donors (Lipinski definition) is 0. The number of alkyl halides is 3. The van der Waals surface area contributed by atoms with Gasteiger partial charge in [0.05, 0.1) is 16.2 Å². The van der Waals surface area contributed by atoms with E-state index >= 15 is 0 Å². The van der Waals surface area contributed by atoms with Crippen molar-refractivity contribution in [2.45, 2.75) is 24.9 Å². The monoisotopic (exact) mass is 466 g/mol. The number of rotatable bonds is 4. The minimum atomic E-state index is -4.61. The van der Waals surface area contributed by atoms with Crippen LogP contribution in [0.2, 0.25) is 0 Å². The molecule has 2 aromatic heterocycles. The van der Waals surface area contributed by atoms with Gasteiger partial charge in [-0.2, -0.15) is 22.6 Å². The Hall–Kier alpha value is -2.99. The van der Waals surface area contributed by atoms with E-state index in [1.165, 1.54) is 16.7 Å². The van der Waals surface area contributed by atoms with Crippen LogP contribution in [0.25, 0.3) is 5.82 Å². The van der Waals surface area contributed by atoms with Crippen LogP contribution in [0.15, 0.2) is 47.6 Å². The first-order valence-corrected chi connectivity index (χ1v) is 11.3. The Morgan fingerprint density at radius 3 is 2.25 bits per heavy atom. The number of sulfonamides is 1. The van der Waals surface area contributed by atoms with Crippen molar-refractivity contribution >= 4 is 15.8 Å². The highest BCUT2D eigenvalue weighted by Crippen LogP contribution is 2.31. The summed E-state index contributed by atoms with van der Waals surface area (Å²) < 4.78 is 67.6. The maximum absolute atomic E-state index is 13.0. The van der Waals surface area contributed by atoms with Gasteiger partial charge in [-0.3, -0.25) is 0 Å². The van der Waals surface area contributed by atoms with Crippen molar-refractivity contribution in [3.8, 4) is 5.82 Å². The van der Waals surface area contributed by atoms with E-state index in [0.717, 1.165) is 23.5 Å². The Balaban J connectivity index is 1.50. The highest BCUT2D eigenvalue weighted by molar-refractivity contribution is 7.89. The van der Waals surface area contributed by atoms with Gasteiger partial charge in [0.2, 0.25) is 10.0 Å². The summed E-state index contributed by atoms with van der Waals surface area (Å²) in [5.41, 5.74) is 0.787. The average Bonchev–Trinajstić information content (AvgIpc) is 3.11. The minimum Gasteiger partial charge on any atom is -0.354 e. The van der Waals surface area contributed by atoms with Crippen LogP contribution in [-0.4, -0.2) is 58.7 Å². The molecule has 0 saturated carbocycles. The summed E-state index contributed by atoms with van der Waals surface area (Å²) in [5.74, 6) is 1.22. The van der Waals surface area contributed by atoms with Crippen molar-refractivity contribution < 1.29 is 21.6 Å².